The summed E-state index contributed by atoms with van der Waals surface area (Å²) in [5.74, 6) is -0.447. The van der Waals surface area contributed by atoms with Gasteiger partial charge in [-0.15, -0.1) is 0 Å². The van der Waals surface area contributed by atoms with E-state index in [2.05, 4.69) is 34.5 Å². The highest BCUT2D eigenvalue weighted by atomic mass is 16.7. The zero-order valence-electron chi connectivity index (χ0n) is 12.4. The van der Waals surface area contributed by atoms with E-state index in [9.17, 15) is 0 Å². The summed E-state index contributed by atoms with van der Waals surface area (Å²) in [7, 11) is 0. The number of benzene rings is 1. The van der Waals surface area contributed by atoms with Crippen LogP contribution in [0, 0.1) is 0 Å². The van der Waals surface area contributed by atoms with Crippen LogP contribution in [-0.2, 0) is 9.47 Å². The second kappa shape index (κ2) is 5.62. The number of anilines is 2. The Hall–Kier alpha value is -1.26. The number of rotatable bonds is 3. The summed E-state index contributed by atoms with van der Waals surface area (Å²) in [4.78, 5) is 2.44. The molecule has 0 aliphatic carbocycles. The lowest BCUT2D eigenvalue weighted by Crippen LogP contribution is -2.45. The molecule has 0 bridgehead atoms. The van der Waals surface area contributed by atoms with Crippen LogP contribution in [0.1, 0.15) is 26.7 Å². The summed E-state index contributed by atoms with van der Waals surface area (Å²) in [5.41, 5.74) is 2.45. The van der Waals surface area contributed by atoms with Gasteiger partial charge in [-0.2, -0.15) is 0 Å². The minimum atomic E-state index is -0.447. The first-order valence-corrected chi connectivity index (χ1v) is 7.52. The van der Waals surface area contributed by atoms with Crippen LogP contribution < -0.4 is 10.2 Å². The summed E-state index contributed by atoms with van der Waals surface area (Å²) in [5, 5.41) is 3.47. The van der Waals surface area contributed by atoms with Gasteiger partial charge in [-0.05, 0) is 51.0 Å². The van der Waals surface area contributed by atoms with Crippen LogP contribution in [0.5, 0.6) is 0 Å². The minimum absolute atomic E-state index is 0.223. The summed E-state index contributed by atoms with van der Waals surface area (Å²) in [6, 6.07) is 8.91. The summed E-state index contributed by atoms with van der Waals surface area (Å²) in [6.45, 7) is 7.64. The van der Waals surface area contributed by atoms with Crippen LogP contribution in [0.4, 0.5) is 11.4 Å². The standard InChI is InChI=1S/C16H24N2O2/c1-16(2)19-11-14(12-20-16)17-13-5-7-15(8-6-13)18-9-3-4-10-18/h5-8,14,17H,3-4,9-12H2,1-2H3. The van der Waals surface area contributed by atoms with Crippen LogP contribution in [0.3, 0.4) is 0 Å². The lowest BCUT2D eigenvalue weighted by atomic mass is 10.2. The Kier molecular flexibility index (Phi) is 3.85. The van der Waals surface area contributed by atoms with E-state index >= 15 is 0 Å². The van der Waals surface area contributed by atoms with Crippen LogP contribution in [-0.4, -0.2) is 38.1 Å². The Labute approximate surface area is 121 Å². The fraction of sp³-hybridized carbons (Fsp3) is 0.625. The Bertz CT molecular complexity index is 428. The summed E-state index contributed by atoms with van der Waals surface area (Å²) in [6.07, 6.45) is 2.62. The summed E-state index contributed by atoms with van der Waals surface area (Å²) < 4.78 is 11.3. The normalized spacial score (nSPS) is 23.0. The second-order valence-corrected chi connectivity index (χ2v) is 6.10. The van der Waals surface area contributed by atoms with E-state index in [0.717, 1.165) is 5.69 Å². The molecule has 1 N–H and O–H groups in total. The molecule has 0 atom stereocenters. The van der Waals surface area contributed by atoms with Crippen LogP contribution in [0.15, 0.2) is 24.3 Å². The molecule has 1 aromatic carbocycles. The highest BCUT2D eigenvalue weighted by Crippen LogP contribution is 2.23. The van der Waals surface area contributed by atoms with E-state index in [1.165, 1.54) is 31.6 Å². The highest BCUT2D eigenvalue weighted by molar-refractivity contribution is 5.55. The third-order valence-corrected chi connectivity index (χ3v) is 3.97. The maximum Gasteiger partial charge on any atom is 0.162 e. The van der Waals surface area contributed by atoms with Crippen LogP contribution >= 0.6 is 0 Å². The molecule has 3 rings (SSSR count). The monoisotopic (exact) mass is 276 g/mol. The molecule has 0 aromatic heterocycles. The van der Waals surface area contributed by atoms with Gasteiger partial charge < -0.3 is 19.7 Å². The minimum Gasteiger partial charge on any atom is -0.378 e. The predicted octanol–water partition coefficient (Wildman–Crippen LogP) is 2.85. The topological polar surface area (TPSA) is 33.7 Å². The van der Waals surface area contributed by atoms with E-state index in [4.69, 9.17) is 9.47 Å². The lowest BCUT2D eigenvalue weighted by molar-refractivity contribution is -0.247. The maximum atomic E-state index is 5.66. The smallest absolute Gasteiger partial charge is 0.162 e. The van der Waals surface area contributed by atoms with E-state index in [1.807, 2.05) is 13.8 Å². The average molecular weight is 276 g/mol. The van der Waals surface area contributed by atoms with Crippen molar-refractivity contribution in [3.05, 3.63) is 24.3 Å². The van der Waals surface area contributed by atoms with Gasteiger partial charge in [0.15, 0.2) is 5.79 Å². The predicted molar refractivity (Wildman–Crippen MR) is 81.3 cm³/mol. The number of hydrogen-bond acceptors (Lipinski definition) is 4. The molecule has 4 heteroatoms. The fourth-order valence-electron chi connectivity index (χ4n) is 2.76. The fourth-order valence-corrected chi connectivity index (χ4v) is 2.76. The Morgan fingerprint density at radius 2 is 1.65 bits per heavy atom. The van der Waals surface area contributed by atoms with Crippen molar-refractivity contribution < 1.29 is 9.47 Å². The molecule has 20 heavy (non-hydrogen) atoms. The van der Waals surface area contributed by atoms with Crippen LogP contribution in [0.2, 0.25) is 0 Å². The molecule has 2 saturated heterocycles. The van der Waals surface area contributed by atoms with Gasteiger partial charge in [0.2, 0.25) is 0 Å². The number of nitrogens with one attached hydrogen (secondary N) is 1. The van der Waals surface area contributed by atoms with Crippen molar-refractivity contribution in [3.8, 4) is 0 Å². The second-order valence-electron chi connectivity index (χ2n) is 6.10. The van der Waals surface area contributed by atoms with E-state index in [1.54, 1.807) is 0 Å². The molecule has 4 nitrogen and oxygen atoms in total. The maximum absolute atomic E-state index is 5.66. The molecule has 0 spiro atoms. The molecule has 2 aliphatic heterocycles. The molecule has 110 valence electrons. The third kappa shape index (κ3) is 3.25. The zero-order chi connectivity index (χ0) is 14.0. The molecule has 1 aromatic rings. The van der Waals surface area contributed by atoms with E-state index in [-0.39, 0.29) is 6.04 Å². The van der Waals surface area contributed by atoms with Gasteiger partial charge in [-0.25, -0.2) is 0 Å². The average Bonchev–Trinajstić information content (AvgIpc) is 2.96. The van der Waals surface area contributed by atoms with Gasteiger partial charge in [0, 0.05) is 24.5 Å². The molecule has 0 amide bonds. The SMILES string of the molecule is CC1(C)OCC(Nc2ccc(N3CCCC3)cc2)CO1. The Morgan fingerprint density at radius 3 is 2.25 bits per heavy atom. The lowest BCUT2D eigenvalue weighted by Gasteiger charge is -2.35. The third-order valence-electron chi connectivity index (χ3n) is 3.97. The van der Waals surface area contributed by atoms with Gasteiger partial charge >= 0.3 is 0 Å². The number of hydrogen-bond donors (Lipinski definition) is 1. The van der Waals surface area contributed by atoms with Crippen molar-refractivity contribution in [1.82, 2.24) is 0 Å². The molecule has 2 fully saturated rings. The molecule has 0 saturated carbocycles. The van der Waals surface area contributed by atoms with Gasteiger partial charge in [0.1, 0.15) is 0 Å². The Morgan fingerprint density at radius 1 is 1.05 bits per heavy atom. The van der Waals surface area contributed by atoms with Gasteiger partial charge in [-0.3, -0.25) is 0 Å². The van der Waals surface area contributed by atoms with Crippen LogP contribution in [0.25, 0.3) is 0 Å². The number of nitrogens with zero attached hydrogens (tertiary/aromatic N) is 1. The molecule has 2 aliphatic rings. The van der Waals surface area contributed by atoms with Crippen molar-refractivity contribution in [2.75, 3.05) is 36.5 Å². The van der Waals surface area contributed by atoms with Crippen molar-refractivity contribution >= 4 is 11.4 Å². The largest absolute Gasteiger partial charge is 0.378 e. The first-order chi connectivity index (χ1) is 9.62. The molecular formula is C16H24N2O2. The van der Waals surface area contributed by atoms with Crippen molar-refractivity contribution in [1.29, 1.82) is 0 Å². The molecule has 0 radical (unpaired) electrons. The quantitative estimate of drug-likeness (QED) is 0.920. The number of ether oxygens (including phenoxy) is 2. The van der Waals surface area contributed by atoms with Crippen molar-refractivity contribution in [2.24, 2.45) is 0 Å². The molecule has 2 heterocycles. The zero-order valence-corrected chi connectivity index (χ0v) is 12.4. The van der Waals surface area contributed by atoms with E-state index < -0.39 is 5.79 Å². The van der Waals surface area contributed by atoms with E-state index in [0.29, 0.717) is 13.2 Å². The first kappa shape index (κ1) is 13.7. The van der Waals surface area contributed by atoms with Crippen molar-refractivity contribution in [3.63, 3.8) is 0 Å². The Balaban J connectivity index is 1.55. The van der Waals surface area contributed by atoms with Gasteiger partial charge in [0.05, 0.1) is 19.3 Å². The van der Waals surface area contributed by atoms with Gasteiger partial charge in [0.25, 0.3) is 0 Å². The summed E-state index contributed by atoms with van der Waals surface area (Å²) >= 11 is 0. The van der Waals surface area contributed by atoms with Crippen molar-refractivity contribution in [2.45, 2.75) is 38.5 Å². The first-order valence-electron chi connectivity index (χ1n) is 7.52. The molecule has 0 unspecified atom stereocenters. The van der Waals surface area contributed by atoms with Gasteiger partial charge in [-0.1, -0.05) is 0 Å². The molecular weight excluding hydrogens is 252 g/mol. The highest BCUT2D eigenvalue weighted by Gasteiger charge is 2.28.